The lowest BCUT2D eigenvalue weighted by atomic mass is 10.1. The van der Waals surface area contributed by atoms with E-state index in [9.17, 15) is 0 Å². The molecule has 1 atom stereocenters. The predicted molar refractivity (Wildman–Crippen MR) is 73.5 cm³/mol. The molecule has 2 rings (SSSR count). The maximum atomic E-state index is 8.74. The summed E-state index contributed by atoms with van der Waals surface area (Å²) in [5, 5.41) is 10.8. The minimum atomic E-state index is -0.0745. The smallest absolute Gasteiger partial charge is 0.104 e. The van der Waals surface area contributed by atoms with E-state index in [0.717, 1.165) is 31.8 Å². The summed E-state index contributed by atoms with van der Waals surface area (Å²) in [4.78, 5) is 3.76. The first-order valence-electron chi connectivity index (χ1n) is 6.21. The first kappa shape index (κ1) is 13.6. The first-order valence-corrected chi connectivity index (χ1v) is 7.09. The van der Waals surface area contributed by atoms with Crippen molar-refractivity contribution in [3.63, 3.8) is 0 Å². The summed E-state index contributed by atoms with van der Waals surface area (Å²) >= 11 is 1.74. The highest BCUT2D eigenvalue weighted by molar-refractivity contribution is 7.10. The zero-order valence-corrected chi connectivity index (χ0v) is 11.5. The molecule has 4 heteroatoms. The Morgan fingerprint density at radius 3 is 3.28 bits per heavy atom. The van der Waals surface area contributed by atoms with Crippen LogP contribution in [-0.2, 0) is 11.3 Å². The lowest BCUT2D eigenvalue weighted by Gasteiger charge is -2.15. The van der Waals surface area contributed by atoms with Gasteiger partial charge in [0.1, 0.15) is 6.61 Å². The Hall–Kier alpha value is -0.860. The molecule has 1 N–H and O–H groups in total. The number of hydrogen-bond donors (Lipinski definition) is 1. The standard InChI is InChI=1S/C14H19NO2S/c1-17-11-12-4-6-15(9-12)10-14-13(3-2-7-16)5-8-18-14/h5,8,12,16H,4,6-7,9-11H2,1H3. The summed E-state index contributed by atoms with van der Waals surface area (Å²) in [5.41, 5.74) is 1.06. The number of thiophene rings is 1. The Labute approximate surface area is 112 Å². The van der Waals surface area contributed by atoms with Crippen molar-refractivity contribution in [2.24, 2.45) is 5.92 Å². The minimum Gasteiger partial charge on any atom is -0.384 e. The molecule has 18 heavy (non-hydrogen) atoms. The number of aliphatic hydroxyl groups is 1. The van der Waals surface area contributed by atoms with Crippen LogP contribution in [0.1, 0.15) is 16.9 Å². The number of ether oxygens (including phenoxy) is 1. The van der Waals surface area contributed by atoms with Crippen LogP contribution >= 0.6 is 11.3 Å². The highest BCUT2D eigenvalue weighted by Crippen LogP contribution is 2.23. The van der Waals surface area contributed by atoms with Crippen molar-refractivity contribution in [2.75, 3.05) is 33.4 Å². The molecule has 1 aliphatic rings. The molecule has 1 aromatic rings. The normalized spacial score (nSPS) is 19.8. The molecule has 0 spiro atoms. The fourth-order valence-electron chi connectivity index (χ4n) is 2.34. The molecule has 0 amide bonds. The van der Waals surface area contributed by atoms with Gasteiger partial charge >= 0.3 is 0 Å². The minimum absolute atomic E-state index is 0.0745. The second kappa shape index (κ2) is 6.91. The van der Waals surface area contributed by atoms with Crippen LogP contribution in [0.3, 0.4) is 0 Å². The van der Waals surface area contributed by atoms with E-state index in [4.69, 9.17) is 9.84 Å². The van der Waals surface area contributed by atoms with Crippen molar-refractivity contribution >= 4 is 11.3 Å². The molecule has 1 saturated heterocycles. The zero-order valence-electron chi connectivity index (χ0n) is 10.7. The average molecular weight is 265 g/mol. The van der Waals surface area contributed by atoms with E-state index in [1.807, 2.05) is 6.07 Å². The van der Waals surface area contributed by atoms with Crippen LogP contribution in [-0.4, -0.2) is 43.4 Å². The van der Waals surface area contributed by atoms with Gasteiger partial charge < -0.3 is 9.84 Å². The van der Waals surface area contributed by atoms with Gasteiger partial charge in [-0.05, 0) is 30.3 Å². The van der Waals surface area contributed by atoms with Crippen LogP contribution in [0.5, 0.6) is 0 Å². The molecule has 0 aromatic carbocycles. The third-order valence-electron chi connectivity index (χ3n) is 3.19. The van der Waals surface area contributed by atoms with Crippen LogP contribution < -0.4 is 0 Å². The van der Waals surface area contributed by atoms with Gasteiger partial charge in [0.15, 0.2) is 0 Å². The molecule has 2 heterocycles. The highest BCUT2D eigenvalue weighted by atomic mass is 32.1. The molecule has 1 fully saturated rings. The van der Waals surface area contributed by atoms with Gasteiger partial charge in [0.25, 0.3) is 0 Å². The number of rotatable bonds is 4. The summed E-state index contributed by atoms with van der Waals surface area (Å²) in [6, 6.07) is 2.03. The van der Waals surface area contributed by atoms with Crippen LogP contribution in [0.15, 0.2) is 11.4 Å². The van der Waals surface area contributed by atoms with Crippen LogP contribution in [0, 0.1) is 17.8 Å². The van der Waals surface area contributed by atoms with E-state index in [0.29, 0.717) is 5.92 Å². The maximum Gasteiger partial charge on any atom is 0.104 e. The van der Waals surface area contributed by atoms with Crippen molar-refractivity contribution < 1.29 is 9.84 Å². The Morgan fingerprint density at radius 1 is 1.61 bits per heavy atom. The van der Waals surface area contributed by atoms with Gasteiger partial charge in [-0.1, -0.05) is 11.8 Å². The van der Waals surface area contributed by atoms with Crippen LogP contribution in [0.4, 0.5) is 0 Å². The fraction of sp³-hybridized carbons (Fsp3) is 0.571. The van der Waals surface area contributed by atoms with E-state index in [1.54, 1.807) is 18.4 Å². The number of methoxy groups -OCH3 is 1. The number of aliphatic hydroxyl groups excluding tert-OH is 1. The zero-order chi connectivity index (χ0) is 12.8. The monoisotopic (exact) mass is 265 g/mol. The van der Waals surface area contributed by atoms with Gasteiger partial charge in [0.05, 0.1) is 6.61 Å². The van der Waals surface area contributed by atoms with Crippen LogP contribution in [0.25, 0.3) is 0 Å². The largest absolute Gasteiger partial charge is 0.384 e. The van der Waals surface area contributed by atoms with Crippen molar-refractivity contribution in [2.45, 2.75) is 13.0 Å². The fourth-order valence-corrected chi connectivity index (χ4v) is 3.21. The van der Waals surface area contributed by atoms with Gasteiger partial charge in [-0.3, -0.25) is 4.90 Å². The molecule has 1 aromatic heterocycles. The molecular formula is C14H19NO2S. The van der Waals surface area contributed by atoms with Gasteiger partial charge in [-0.2, -0.15) is 0 Å². The van der Waals surface area contributed by atoms with Gasteiger partial charge in [0, 0.05) is 30.6 Å². The highest BCUT2D eigenvalue weighted by Gasteiger charge is 2.22. The Bertz CT molecular complexity index is 432. The van der Waals surface area contributed by atoms with Crippen molar-refractivity contribution in [1.82, 2.24) is 4.90 Å². The number of nitrogens with zero attached hydrogens (tertiary/aromatic N) is 1. The Balaban J connectivity index is 1.92. The van der Waals surface area contributed by atoms with E-state index >= 15 is 0 Å². The second-order valence-corrected chi connectivity index (χ2v) is 5.56. The molecule has 3 nitrogen and oxygen atoms in total. The lowest BCUT2D eigenvalue weighted by Crippen LogP contribution is -2.21. The summed E-state index contributed by atoms with van der Waals surface area (Å²) in [5.74, 6) is 6.40. The summed E-state index contributed by atoms with van der Waals surface area (Å²) in [7, 11) is 1.77. The number of likely N-dealkylation sites (tertiary alicyclic amines) is 1. The molecule has 98 valence electrons. The average Bonchev–Trinajstić information content (AvgIpc) is 2.98. The van der Waals surface area contributed by atoms with E-state index < -0.39 is 0 Å². The third kappa shape index (κ3) is 3.56. The van der Waals surface area contributed by atoms with E-state index in [1.165, 1.54) is 11.3 Å². The molecule has 0 bridgehead atoms. The molecule has 1 aliphatic heterocycles. The first-order chi connectivity index (χ1) is 8.83. The summed E-state index contributed by atoms with van der Waals surface area (Å²) in [6.45, 7) is 4.00. The SMILES string of the molecule is COCC1CCN(Cc2sccc2C#CCO)C1. The predicted octanol–water partition coefficient (Wildman–Crippen LogP) is 1.56. The second-order valence-electron chi connectivity index (χ2n) is 4.56. The molecular weight excluding hydrogens is 246 g/mol. The Kier molecular flexibility index (Phi) is 5.21. The molecule has 0 aliphatic carbocycles. The topological polar surface area (TPSA) is 32.7 Å². The summed E-state index contributed by atoms with van der Waals surface area (Å²) < 4.78 is 5.21. The summed E-state index contributed by atoms with van der Waals surface area (Å²) in [6.07, 6.45) is 1.22. The van der Waals surface area contributed by atoms with Crippen LogP contribution in [0.2, 0.25) is 0 Å². The quantitative estimate of drug-likeness (QED) is 0.839. The maximum absolute atomic E-state index is 8.74. The van der Waals surface area contributed by atoms with Gasteiger partial charge in [0.2, 0.25) is 0 Å². The van der Waals surface area contributed by atoms with Crippen molar-refractivity contribution in [3.05, 3.63) is 21.9 Å². The van der Waals surface area contributed by atoms with Gasteiger partial charge in [-0.25, -0.2) is 0 Å². The third-order valence-corrected chi connectivity index (χ3v) is 4.09. The van der Waals surface area contributed by atoms with Crippen molar-refractivity contribution in [1.29, 1.82) is 0 Å². The van der Waals surface area contributed by atoms with Gasteiger partial charge in [-0.15, -0.1) is 11.3 Å². The van der Waals surface area contributed by atoms with E-state index in [-0.39, 0.29) is 6.61 Å². The lowest BCUT2D eigenvalue weighted by molar-refractivity contribution is 0.153. The molecule has 1 unspecified atom stereocenters. The molecule has 0 saturated carbocycles. The van der Waals surface area contributed by atoms with E-state index in [2.05, 4.69) is 22.1 Å². The number of hydrogen-bond acceptors (Lipinski definition) is 4. The molecule has 0 radical (unpaired) electrons. The Morgan fingerprint density at radius 2 is 2.50 bits per heavy atom. The van der Waals surface area contributed by atoms with Crippen molar-refractivity contribution in [3.8, 4) is 11.8 Å².